The summed E-state index contributed by atoms with van der Waals surface area (Å²) >= 11 is 0. The van der Waals surface area contributed by atoms with Crippen LogP contribution in [0.25, 0.3) is 0 Å². The molecule has 0 saturated heterocycles. The third kappa shape index (κ3) is 3.70. The van der Waals surface area contributed by atoms with Gasteiger partial charge in [-0.3, -0.25) is 4.79 Å². The zero-order chi connectivity index (χ0) is 11.8. The molecule has 0 atom stereocenters. The van der Waals surface area contributed by atoms with E-state index < -0.39 is 5.82 Å². The minimum absolute atomic E-state index is 0.209. The summed E-state index contributed by atoms with van der Waals surface area (Å²) in [5.41, 5.74) is 0.209. The van der Waals surface area contributed by atoms with Crippen LogP contribution in [-0.4, -0.2) is 12.9 Å². The third-order valence-electron chi connectivity index (χ3n) is 2.04. The second-order valence-corrected chi connectivity index (χ2v) is 3.26. The SMILES string of the molecule is N#CCCCCOc1ccc(F)cc1C=O. The van der Waals surface area contributed by atoms with Gasteiger partial charge < -0.3 is 4.74 Å². The lowest BCUT2D eigenvalue weighted by molar-refractivity contribution is 0.111. The molecular formula is C12H12FNO2. The lowest BCUT2D eigenvalue weighted by Crippen LogP contribution is -2.00. The smallest absolute Gasteiger partial charge is 0.153 e. The molecule has 1 rings (SSSR count). The van der Waals surface area contributed by atoms with Crippen molar-refractivity contribution in [2.45, 2.75) is 19.3 Å². The van der Waals surface area contributed by atoms with Gasteiger partial charge in [0, 0.05) is 6.42 Å². The molecule has 0 fully saturated rings. The maximum atomic E-state index is 12.8. The van der Waals surface area contributed by atoms with Crippen molar-refractivity contribution in [3.8, 4) is 11.8 Å². The van der Waals surface area contributed by atoms with Crippen LogP contribution >= 0.6 is 0 Å². The Bertz CT molecular complexity index is 398. The van der Waals surface area contributed by atoms with Gasteiger partial charge in [0.15, 0.2) is 6.29 Å². The molecule has 0 aromatic heterocycles. The monoisotopic (exact) mass is 221 g/mol. The van der Waals surface area contributed by atoms with Gasteiger partial charge in [-0.05, 0) is 31.0 Å². The first-order chi connectivity index (χ1) is 7.77. The molecule has 0 bridgehead atoms. The van der Waals surface area contributed by atoms with Gasteiger partial charge in [0.05, 0.1) is 18.2 Å². The number of unbranched alkanes of at least 4 members (excludes halogenated alkanes) is 2. The average molecular weight is 221 g/mol. The van der Waals surface area contributed by atoms with Crippen molar-refractivity contribution in [2.75, 3.05) is 6.61 Å². The maximum absolute atomic E-state index is 12.8. The molecule has 16 heavy (non-hydrogen) atoms. The molecule has 0 aliphatic rings. The highest BCUT2D eigenvalue weighted by molar-refractivity contribution is 5.79. The van der Waals surface area contributed by atoms with E-state index in [1.54, 1.807) is 0 Å². The molecule has 84 valence electrons. The molecular weight excluding hydrogens is 209 g/mol. The molecule has 0 spiro atoms. The molecule has 0 radical (unpaired) electrons. The lowest BCUT2D eigenvalue weighted by Gasteiger charge is -2.07. The van der Waals surface area contributed by atoms with Gasteiger partial charge in [-0.2, -0.15) is 5.26 Å². The highest BCUT2D eigenvalue weighted by atomic mass is 19.1. The number of rotatable bonds is 6. The summed E-state index contributed by atoms with van der Waals surface area (Å²) < 4.78 is 18.1. The van der Waals surface area contributed by atoms with Crippen molar-refractivity contribution in [1.82, 2.24) is 0 Å². The summed E-state index contributed by atoms with van der Waals surface area (Å²) in [5, 5.41) is 8.32. The molecule has 0 aliphatic heterocycles. The predicted molar refractivity (Wildman–Crippen MR) is 56.7 cm³/mol. The van der Waals surface area contributed by atoms with E-state index in [0.717, 1.165) is 18.9 Å². The van der Waals surface area contributed by atoms with E-state index in [9.17, 15) is 9.18 Å². The summed E-state index contributed by atoms with van der Waals surface area (Å²) in [4.78, 5) is 10.6. The van der Waals surface area contributed by atoms with E-state index >= 15 is 0 Å². The topological polar surface area (TPSA) is 50.1 Å². The van der Waals surface area contributed by atoms with E-state index in [2.05, 4.69) is 0 Å². The van der Waals surface area contributed by atoms with Crippen molar-refractivity contribution >= 4 is 6.29 Å². The minimum Gasteiger partial charge on any atom is -0.493 e. The van der Waals surface area contributed by atoms with Crippen LogP contribution < -0.4 is 4.74 Å². The van der Waals surface area contributed by atoms with Crippen LogP contribution in [0.4, 0.5) is 4.39 Å². The van der Waals surface area contributed by atoms with Crippen LogP contribution in [0.1, 0.15) is 29.6 Å². The Kier molecular flexibility index (Phi) is 5.00. The van der Waals surface area contributed by atoms with E-state index in [-0.39, 0.29) is 5.56 Å². The van der Waals surface area contributed by atoms with Crippen molar-refractivity contribution in [2.24, 2.45) is 0 Å². The number of carbonyl (C=O) groups excluding carboxylic acids is 1. The molecule has 3 nitrogen and oxygen atoms in total. The number of nitrogens with zero attached hydrogens (tertiary/aromatic N) is 1. The maximum Gasteiger partial charge on any atom is 0.153 e. The summed E-state index contributed by atoms with van der Waals surface area (Å²) in [6, 6.07) is 5.85. The van der Waals surface area contributed by atoms with E-state index in [1.165, 1.54) is 12.1 Å². The van der Waals surface area contributed by atoms with Gasteiger partial charge in [-0.25, -0.2) is 4.39 Å². The zero-order valence-electron chi connectivity index (χ0n) is 8.78. The fourth-order valence-corrected chi connectivity index (χ4v) is 1.23. The van der Waals surface area contributed by atoms with Crippen LogP contribution in [0.3, 0.4) is 0 Å². The van der Waals surface area contributed by atoms with Crippen molar-refractivity contribution in [1.29, 1.82) is 5.26 Å². The predicted octanol–water partition coefficient (Wildman–Crippen LogP) is 2.71. The van der Waals surface area contributed by atoms with Crippen LogP contribution in [0.5, 0.6) is 5.75 Å². The first-order valence-electron chi connectivity index (χ1n) is 5.02. The van der Waals surface area contributed by atoms with Crippen LogP contribution in [0.2, 0.25) is 0 Å². The first-order valence-corrected chi connectivity index (χ1v) is 5.02. The number of hydrogen-bond acceptors (Lipinski definition) is 3. The van der Waals surface area contributed by atoms with Crippen molar-refractivity contribution in [3.05, 3.63) is 29.6 Å². The minimum atomic E-state index is -0.459. The average Bonchev–Trinajstić information content (AvgIpc) is 2.30. The summed E-state index contributed by atoms with van der Waals surface area (Å²) in [6.07, 6.45) is 2.55. The molecule has 1 aromatic carbocycles. The van der Waals surface area contributed by atoms with Crippen LogP contribution in [0, 0.1) is 17.1 Å². The summed E-state index contributed by atoms with van der Waals surface area (Å²) in [5.74, 6) is -0.0766. The fraction of sp³-hybridized carbons (Fsp3) is 0.333. The second kappa shape index (κ2) is 6.57. The van der Waals surface area contributed by atoms with Gasteiger partial charge in [0.1, 0.15) is 11.6 Å². The number of carbonyl (C=O) groups is 1. The van der Waals surface area contributed by atoms with Crippen molar-refractivity contribution in [3.63, 3.8) is 0 Å². The Hall–Kier alpha value is -1.89. The number of aldehydes is 1. The number of benzene rings is 1. The Morgan fingerprint density at radius 3 is 2.94 bits per heavy atom. The van der Waals surface area contributed by atoms with E-state index in [0.29, 0.717) is 25.1 Å². The molecule has 0 heterocycles. The fourth-order valence-electron chi connectivity index (χ4n) is 1.23. The largest absolute Gasteiger partial charge is 0.493 e. The molecule has 0 saturated carbocycles. The molecule has 0 amide bonds. The van der Waals surface area contributed by atoms with Gasteiger partial charge in [-0.15, -0.1) is 0 Å². The summed E-state index contributed by atoms with van der Waals surface area (Å²) in [7, 11) is 0. The number of ether oxygens (including phenoxy) is 1. The standard InChI is InChI=1S/C12H12FNO2/c13-11-4-5-12(10(8-11)9-15)16-7-3-1-2-6-14/h4-5,8-9H,1-3,7H2. The zero-order valence-corrected chi connectivity index (χ0v) is 8.78. The van der Waals surface area contributed by atoms with Gasteiger partial charge >= 0.3 is 0 Å². The second-order valence-electron chi connectivity index (χ2n) is 3.26. The lowest BCUT2D eigenvalue weighted by atomic mass is 10.2. The molecule has 0 N–H and O–H groups in total. The first kappa shape index (κ1) is 12.2. The van der Waals surface area contributed by atoms with E-state index in [4.69, 9.17) is 10.00 Å². The highest BCUT2D eigenvalue weighted by Crippen LogP contribution is 2.18. The summed E-state index contributed by atoms with van der Waals surface area (Å²) in [6.45, 7) is 0.425. The molecule has 4 heteroatoms. The van der Waals surface area contributed by atoms with Gasteiger partial charge in [0.2, 0.25) is 0 Å². The Balaban J connectivity index is 2.47. The quantitative estimate of drug-likeness (QED) is 0.548. The Morgan fingerprint density at radius 2 is 2.25 bits per heavy atom. The van der Waals surface area contributed by atoms with Gasteiger partial charge in [-0.1, -0.05) is 0 Å². The number of nitriles is 1. The third-order valence-corrected chi connectivity index (χ3v) is 2.04. The number of hydrogen-bond donors (Lipinski definition) is 0. The Morgan fingerprint density at radius 1 is 1.44 bits per heavy atom. The highest BCUT2D eigenvalue weighted by Gasteiger charge is 2.04. The molecule has 1 aromatic rings. The van der Waals surface area contributed by atoms with Crippen LogP contribution in [-0.2, 0) is 0 Å². The van der Waals surface area contributed by atoms with Crippen LogP contribution in [0.15, 0.2) is 18.2 Å². The molecule has 0 aliphatic carbocycles. The Labute approximate surface area is 93.5 Å². The molecule has 0 unspecified atom stereocenters. The van der Waals surface area contributed by atoms with Crippen molar-refractivity contribution < 1.29 is 13.9 Å². The van der Waals surface area contributed by atoms with Gasteiger partial charge in [0.25, 0.3) is 0 Å². The number of halogens is 1. The van der Waals surface area contributed by atoms with E-state index in [1.807, 2.05) is 6.07 Å². The normalized spacial score (nSPS) is 9.50.